The highest BCUT2D eigenvalue weighted by atomic mass is 35.5. The number of carbonyl (C=O) groups excluding carboxylic acids is 1. The highest BCUT2D eigenvalue weighted by Gasteiger charge is 2.42. The van der Waals surface area contributed by atoms with Gasteiger partial charge in [-0.25, -0.2) is 0 Å². The second kappa shape index (κ2) is 10.3. The van der Waals surface area contributed by atoms with E-state index >= 15 is 0 Å². The molecule has 3 heterocycles. The molecule has 6 heteroatoms. The number of nitrogens with zero attached hydrogens (tertiary/aromatic N) is 2. The maximum absolute atomic E-state index is 13.8. The molecule has 5 nitrogen and oxygen atoms in total. The smallest absolute Gasteiger partial charge is 0.262 e. The maximum atomic E-state index is 13.8. The topological polar surface area (TPSA) is 43.7 Å². The Labute approximate surface area is 238 Å². The quantitative estimate of drug-likeness (QED) is 0.227. The van der Waals surface area contributed by atoms with E-state index in [0.29, 0.717) is 23.8 Å². The number of hydrogen-bond donors (Lipinski definition) is 0. The predicted octanol–water partition coefficient (Wildman–Crippen LogP) is 7.60. The average Bonchev–Trinajstić information content (AvgIpc) is 3.55. The van der Waals surface area contributed by atoms with Gasteiger partial charge in [0.15, 0.2) is 0 Å². The molecule has 1 saturated heterocycles. The van der Waals surface area contributed by atoms with E-state index in [1.54, 1.807) is 4.57 Å². The molecule has 1 spiro atoms. The molecule has 1 fully saturated rings. The lowest BCUT2D eigenvalue weighted by Gasteiger charge is -2.38. The summed E-state index contributed by atoms with van der Waals surface area (Å²) in [7, 11) is 0. The van der Waals surface area contributed by atoms with Crippen molar-refractivity contribution >= 4 is 28.4 Å². The van der Waals surface area contributed by atoms with Crippen molar-refractivity contribution in [3.63, 3.8) is 0 Å². The highest BCUT2D eigenvalue weighted by Crippen LogP contribution is 2.44. The number of hydrogen-bond acceptors (Lipinski definition) is 4. The van der Waals surface area contributed by atoms with Crippen LogP contribution in [0.5, 0.6) is 0 Å². The molecular weight excluding hydrogens is 520 g/mol. The summed E-state index contributed by atoms with van der Waals surface area (Å²) in [5, 5.41) is 3.57. The molecule has 2 aliphatic rings. The fraction of sp³-hybridized carbons (Fsp3) is 0.206. The van der Waals surface area contributed by atoms with Crippen LogP contribution in [0.1, 0.15) is 39.9 Å². The minimum Gasteiger partial charge on any atom is -0.365 e. The normalized spacial score (nSPS) is 16.4. The number of rotatable bonds is 5. The van der Waals surface area contributed by atoms with Gasteiger partial charge in [0.05, 0.1) is 24.3 Å². The molecule has 0 radical (unpaired) electrons. The van der Waals surface area contributed by atoms with E-state index in [1.807, 2.05) is 84.1 Å². The second-order valence-corrected chi connectivity index (χ2v) is 11.0. The van der Waals surface area contributed by atoms with Gasteiger partial charge in [-0.3, -0.25) is 14.2 Å². The van der Waals surface area contributed by atoms with Crippen molar-refractivity contribution in [2.24, 2.45) is 0 Å². The van der Waals surface area contributed by atoms with Crippen LogP contribution in [0.25, 0.3) is 22.0 Å². The van der Waals surface area contributed by atoms with Crippen LogP contribution in [0.2, 0.25) is 5.02 Å². The molecule has 7 rings (SSSR count). The third kappa shape index (κ3) is 4.55. The fourth-order valence-electron chi connectivity index (χ4n) is 6.09. The zero-order valence-corrected chi connectivity index (χ0v) is 22.8. The molecule has 0 bridgehead atoms. The Bertz CT molecular complexity index is 1700. The van der Waals surface area contributed by atoms with Gasteiger partial charge >= 0.3 is 0 Å². The Morgan fingerprint density at radius 2 is 1.65 bits per heavy atom. The summed E-state index contributed by atoms with van der Waals surface area (Å²) < 4.78 is 8.00. The van der Waals surface area contributed by atoms with E-state index in [2.05, 4.69) is 24.3 Å². The predicted molar refractivity (Wildman–Crippen MR) is 157 cm³/mol. The van der Waals surface area contributed by atoms with Crippen LogP contribution in [0.15, 0.2) is 103 Å². The third-order valence-corrected chi connectivity index (χ3v) is 8.47. The number of fused-ring (bicyclic) bond motifs is 3. The van der Waals surface area contributed by atoms with Crippen LogP contribution in [0.4, 0.5) is 0 Å². The largest absolute Gasteiger partial charge is 0.365 e. The van der Waals surface area contributed by atoms with E-state index in [0.717, 1.165) is 53.5 Å². The van der Waals surface area contributed by atoms with Gasteiger partial charge in [0.1, 0.15) is 0 Å². The first-order chi connectivity index (χ1) is 19.6. The first kappa shape index (κ1) is 25.2. The Morgan fingerprint density at radius 1 is 0.875 bits per heavy atom. The molecule has 0 unspecified atom stereocenters. The maximum Gasteiger partial charge on any atom is 0.262 e. The Balaban J connectivity index is 1.11. The van der Waals surface area contributed by atoms with Crippen molar-refractivity contribution in [1.29, 1.82) is 0 Å². The summed E-state index contributed by atoms with van der Waals surface area (Å²) in [5.74, 6) is -0.103. The molecule has 1 aromatic heterocycles. The Hall–Kier alpha value is -3.74. The van der Waals surface area contributed by atoms with Crippen LogP contribution in [-0.4, -0.2) is 28.6 Å². The molecule has 0 amide bonds. The van der Waals surface area contributed by atoms with E-state index in [1.165, 1.54) is 11.1 Å². The fourth-order valence-corrected chi connectivity index (χ4v) is 6.26. The van der Waals surface area contributed by atoms with Crippen molar-refractivity contribution in [2.75, 3.05) is 13.1 Å². The number of piperidine rings is 1. The van der Waals surface area contributed by atoms with E-state index in [4.69, 9.17) is 21.2 Å². The molecule has 4 aromatic carbocycles. The van der Waals surface area contributed by atoms with Gasteiger partial charge in [0.2, 0.25) is 0 Å². The number of carbonyl (C=O) groups is 1. The molecular formula is C34H29ClN2O3. The molecule has 0 aliphatic carbocycles. The molecule has 0 N–H and O–H groups in total. The lowest BCUT2D eigenvalue weighted by Crippen LogP contribution is -2.42. The Morgan fingerprint density at radius 3 is 2.50 bits per heavy atom. The van der Waals surface area contributed by atoms with E-state index < -0.39 is 0 Å². The van der Waals surface area contributed by atoms with Crippen molar-refractivity contribution in [1.82, 2.24) is 9.63 Å². The third-order valence-electron chi connectivity index (χ3n) is 8.23. The molecule has 0 saturated carbocycles. The summed E-state index contributed by atoms with van der Waals surface area (Å²) >= 11 is 6.37. The molecule has 2 aliphatic heterocycles. The van der Waals surface area contributed by atoms with Gasteiger partial charge in [0, 0.05) is 40.8 Å². The van der Waals surface area contributed by atoms with Crippen LogP contribution in [-0.2, 0) is 28.4 Å². The molecule has 0 atom stereocenters. The SMILES string of the molecule is O=C(c1cccc(-c2ccccc2)c1)n1cc(CON2CCC3(CC2)OCc2ccccc23)c2ccc(Cl)cc21. The summed E-state index contributed by atoms with van der Waals surface area (Å²) in [6.07, 6.45) is 3.66. The van der Waals surface area contributed by atoms with E-state index in [-0.39, 0.29) is 11.5 Å². The standard InChI is InChI=1S/C34H29ClN2O3/c35-29-13-14-30-28(23-40-36-17-15-34(16-18-36)31-12-5-4-9-27(31)22-39-34)21-37(32(30)20-29)33(38)26-11-6-10-25(19-26)24-7-2-1-3-8-24/h1-14,19-21H,15-18,22-23H2. The number of aromatic nitrogens is 1. The van der Waals surface area contributed by atoms with Crippen molar-refractivity contribution < 1.29 is 14.4 Å². The monoisotopic (exact) mass is 548 g/mol. The van der Waals surface area contributed by atoms with Crippen LogP contribution < -0.4 is 0 Å². The Kier molecular flexibility index (Phi) is 6.53. The van der Waals surface area contributed by atoms with Gasteiger partial charge < -0.3 is 4.74 Å². The second-order valence-electron chi connectivity index (χ2n) is 10.6. The summed E-state index contributed by atoms with van der Waals surface area (Å²) in [6.45, 7) is 2.61. The molecule has 40 heavy (non-hydrogen) atoms. The van der Waals surface area contributed by atoms with Gasteiger partial charge in [-0.2, -0.15) is 5.06 Å². The molecule has 200 valence electrons. The first-order valence-electron chi connectivity index (χ1n) is 13.7. The minimum atomic E-state index is -0.204. The van der Waals surface area contributed by atoms with E-state index in [9.17, 15) is 4.79 Å². The summed E-state index contributed by atoms with van der Waals surface area (Å²) in [5.41, 5.74) is 6.82. The van der Waals surface area contributed by atoms with Crippen LogP contribution in [0, 0.1) is 0 Å². The highest BCUT2D eigenvalue weighted by molar-refractivity contribution is 6.31. The van der Waals surface area contributed by atoms with Crippen molar-refractivity contribution in [3.8, 4) is 11.1 Å². The van der Waals surface area contributed by atoms with Crippen LogP contribution in [0.3, 0.4) is 0 Å². The number of ether oxygens (including phenoxy) is 1. The van der Waals surface area contributed by atoms with Gasteiger partial charge in [0.25, 0.3) is 5.91 Å². The lowest BCUT2D eigenvalue weighted by atomic mass is 9.84. The van der Waals surface area contributed by atoms with Gasteiger partial charge in [-0.05, 0) is 59.4 Å². The summed E-state index contributed by atoms with van der Waals surface area (Å²) in [4.78, 5) is 20.1. The number of hydroxylamine groups is 2. The summed E-state index contributed by atoms with van der Waals surface area (Å²) in [6, 6.07) is 32.0. The zero-order chi connectivity index (χ0) is 27.1. The van der Waals surface area contributed by atoms with Gasteiger partial charge in [-0.15, -0.1) is 0 Å². The zero-order valence-electron chi connectivity index (χ0n) is 22.1. The minimum absolute atomic E-state index is 0.103. The molecule has 5 aromatic rings. The number of benzene rings is 4. The van der Waals surface area contributed by atoms with Crippen LogP contribution >= 0.6 is 11.6 Å². The average molecular weight is 549 g/mol. The number of halogens is 1. The first-order valence-corrected chi connectivity index (χ1v) is 14.1. The van der Waals surface area contributed by atoms with Crippen molar-refractivity contribution in [3.05, 3.63) is 131 Å². The van der Waals surface area contributed by atoms with Crippen molar-refractivity contribution in [2.45, 2.75) is 31.7 Å². The lowest BCUT2D eigenvalue weighted by molar-refractivity contribution is -0.210. The van der Waals surface area contributed by atoms with Gasteiger partial charge in [-0.1, -0.05) is 84.4 Å².